The molecule has 3 aromatic rings. The van der Waals surface area contributed by atoms with Crippen molar-refractivity contribution in [1.82, 2.24) is 4.98 Å². The Labute approximate surface area is 127 Å². The maximum Gasteiger partial charge on any atom is 0.417 e. The number of urea groups is 1. The van der Waals surface area contributed by atoms with Crippen molar-refractivity contribution in [3.05, 3.63) is 57.5 Å². The number of hydrogen-bond donors (Lipinski definition) is 3. The first-order valence-electron chi connectivity index (χ1n) is 6.07. The molecule has 0 aliphatic rings. The van der Waals surface area contributed by atoms with Crippen LogP contribution in [-0.2, 0) is 0 Å². The lowest BCUT2D eigenvalue weighted by Gasteiger charge is -2.08. The molecule has 7 heteroatoms. The number of nitrogens with one attached hydrogen (secondary N) is 3. The molecule has 0 saturated carbocycles. The minimum absolute atomic E-state index is 0.388. The van der Waals surface area contributed by atoms with Gasteiger partial charge in [-0.25, -0.2) is 9.59 Å². The number of rotatable bonds is 2. The lowest BCUT2D eigenvalue weighted by Crippen LogP contribution is -2.19. The molecule has 3 rings (SSSR count). The van der Waals surface area contributed by atoms with Crippen LogP contribution in [0.1, 0.15) is 0 Å². The van der Waals surface area contributed by atoms with E-state index in [0.717, 1.165) is 4.47 Å². The molecule has 6 nitrogen and oxygen atoms in total. The summed E-state index contributed by atoms with van der Waals surface area (Å²) in [4.78, 5) is 25.5. The van der Waals surface area contributed by atoms with Crippen molar-refractivity contribution >= 4 is 44.4 Å². The van der Waals surface area contributed by atoms with Crippen molar-refractivity contribution in [1.29, 1.82) is 0 Å². The number of benzene rings is 2. The van der Waals surface area contributed by atoms with Crippen LogP contribution in [0.5, 0.6) is 0 Å². The average Bonchev–Trinajstić information content (AvgIpc) is 2.80. The summed E-state index contributed by atoms with van der Waals surface area (Å²) in [5.74, 6) is -0.528. The zero-order valence-corrected chi connectivity index (χ0v) is 12.2. The number of carbonyl (C=O) groups is 1. The van der Waals surface area contributed by atoms with Gasteiger partial charge in [0.15, 0.2) is 5.58 Å². The Morgan fingerprint density at radius 1 is 1.14 bits per heavy atom. The Balaban J connectivity index is 1.77. The standard InChI is InChI=1S/C14H10BrN3O3/c15-9-3-1-2-4-10(9)17-13(19)16-8-5-6-11-12(7-8)21-14(20)18-11/h1-7H,(H,18,20)(H2,16,17,19). The molecule has 1 aromatic heterocycles. The first kappa shape index (κ1) is 13.4. The molecule has 0 radical (unpaired) electrons. The van der Waals surface area contributed by atoms with Crippen molar-refractivity contribution in [2.75, 3.05) is 10.6 Å². The second-order valence-electron chi connectivity index (χ2n) is 4.28. The topological polar surface area (TPSA) is 87.1 Å². The molecule has 106 valence electrons. The predicted molar refractivity (Wildman–Crippen MR) is 83.6 cm³/mol. The van der Waals surface area contributed by atoms with E-state index in [1.807, 2.05) is 18.2 Å². The quantitative estimate of drug-likeness (QED) is 0.662. The summed E-state index contributed by atoms with van der Waals surface area (Å²) < 4.78 is 5.72. The molecule has 0 fully saturated rings. The van der Waals surface area contributed by atoms with E-state index in [9.17, 15) is 9.59 Å². The van der Waals surface area contributed by atoms with Crippen LogP contribution in [0.3, 0.4) is 0 Å². The fourth-order valence-electron chi connectivity index (χ4n) is 1.87. The third-order valence-electron chi connectivity index (χ3n) is 2.80. The number of para-hydroxylation sites is 1. The maximum absolute atomic E-state index is 11.9. The third kappa shape index (κ3) is 2.97. The van der Waals surface area contributed by atoms with Crippen LogP contribution < -0.4 is 16.4 Å². The number of fused-ring (bicyclic) bond motifs is 1. The van der Waals surface area contributed by atoms with Gasteiger partial charge in [-0.15, -0.1) is 0 Å². The van der Waals surface area contributed by atoms with Gasteiger partial charge in [-0.3, -0.25) is 4.98 Å². The van der Waals surface area contributed by atoms with E-state index in [4.69, 9.17) is 4.42 Å². The van der Waals surface area contributed by atoms with Crippen LogP contribution in [-0.4, -0.2) is 11.0 Å². The molecule has 0 bridgehead atoms. The van der Waals surface area contributed by atoms with E-state index >= 15 is 0 Å². The monoisotopic (exact) mass is 347 g/mol. The second-order valence-corrected chi connectivity index (χ2v) is 5.14. The van der Waals surface area contributed by atoms with E-state index in [1.165, 1.54) is 0 Å². The maximum atomic E-state index is 11.9. The number of hydrogen-bond acceptors (Lipinski definition) is 3. The number of carbonyl (C=O) groups excluding carboxylic acids is 1. The molecular formula is C14H10BrN3O3. The highest BCUT2D eigenvalue weighted by Crippen LogP contribution is 2.22. The summed E-state index contributed by atoms with van der Waals surface area (Å²) >= 11 is 3.35. The van der Waals surface area contributed by atoms with Crippen LogP contribution in [0, 0.1) is 0 Å². The minimum atomic E-state index is -0.528. The SMILES string of the molecule is O=C(Nc1ccc2[nH]c(=O)oc2c1)Nc1ccccc1Br. The highest BCUT2D eigenvalue weighted by molar-refractivity contribution is 9.10. The molecule has 1 heterocycles. The Morgan fingerprint density at radius 2 is 1.95 bits per heavy atom. The molecule has 0 saturated heterocycles. The van der Waals surface area contributed by atoms with Gasteiger partial charge >= 0.3 is 11.8 Å². The Hall–Kier alpha value is -2.54. The average molecular weight is 348 g/mol. The normalized spacial score (nSPS) is 10.5. The fourth-order valence-corrected chi connectivity index (χ4v) is 2.25. The summed E-state index contributed by atoms with van der Waals surface area (Å²) in [5.41, 5.74) is 2.15. The van der Waals surface area contributed by atoms with Gasteiger partial charge in [0.05, 0.1) is 11.2 Å². The molecule has 0 aliphatic heterocycles. The van der Waals surface area contributed by atoms with Crippen LogP contribution in [0.2, 0.25) is 0 Å². The molecule has 0 aliphatic carbocycles. The van der Waals surface area contributed by atoms with Gasteiger partial charge in [-0.1, -0.05) is 12.1 Å². The Morgan fingerprint density at radius 3 is 2.76 bits per heavy atom. The molecule has 0 unspecified atom stereocenters. The summed E-state index contributed by atoms with van der Waals surface area (Å²) in [6, 6.07) is 11.8. The van der Waals surface area contributed by atoms with Gasteiger partial charge in [0.2, 0.25) is 0 Å². The van der Waals surface area contributed by atoms with E-state index in [-0.39, 0.29) is 6.03 Å². The third-order valence-corrected chi connectivity index (χ3v) is 3.49. The van der Waals surface area contributed by atoms with E-state index in [0.29, 0.717) is 22.5 Å². The first-order valence-corrected chi connectivity index (χ1v) is 6.86. The van der Waals surface area contributed by atoms with Crippen molar-refractivity contribution in [2.24, 2.45) is 0 Å². The number of aromatic amines is 1. The lowest BCUT2D eigenvalue weighted by molar-refractivity contribution is 0.262. The number of aromatic nitrogens is 1. The molecule has 3 N–H and O–H groups in total. The largest absolute Gasteiger partial charge is 0.417 e. The number of H-pyrrole nitrogens is 1. The van der Waals surface area contributed by atoms with Gasteiger partial charge < -0.3 is 15.1 Å². The molecular weight excluding hydrogens is 338 g/mol. The molecule has 0 spiro atoms. The number of oxazole rings is 1. The van der Waals surface area contributed by atoms with Crippen molar-refractivity contribution in [3.8, 4) is 0 Å². The zero-order chi connectivity index (χ0) is 14.8. The molecule has 2 aromatic carbocycles. The number of halogens is 1. The van der Waals surface area contributed by atoms with Gasteiger partial charge in [0.25, 0.3) is 0 Å². The van der Waals surface area contributed by atoms with Crippen LogP contribution >= 0.6 is 15.9 Å². The lowest BCUT2D eigenvalue weighted by atomic mass is 10.3. The minimum Gasteiger partial charge on any atom is -0.408 e. The van der Waals surface area contributed by atoms with E-state index in [1.54, 1.807) is 24.3 Å². The van der Waals surface area contributed by atoms with Crippen molar-refractivity contribution < 1.29 is 9.21 Å². The van der Waals surface area contributed by atoms with Crippen LogP contribution in [0.4, 0.5) is 16.2 Å². The van der Waals surface area contributed by atoms with E-state index in [2.05, 4.69) is 31.5 Å². The zero-order valence-electron chi connectivity index (χ0n) is 10.6. The number of amides is 2. The predicted octanol–water partition coefficient (Wildman–Crippen LogP) is 3.53. The summed E-state index contributed by atoms with van der Waals surface area (Å²) in [6.45, 7) is 0. The molecule has 0 atom stereocenters. The van der Waals surface area contributed by atoms with Gasteiger partial charge in [0.1, 0.15) is 0 Å². The van der Waals surface area contributed by atoms with Gasteiger partial charge in [-0.05, 0) is 40.2 Å². The van der Waals surface area contributed by atoms with Crippen LogP contribution in [0.25, 0.3) is 11.1 Å². The first-order chi connectivity index (χ1) is 10.1. The smallest absolute Gasteiger partial charge is 0.408 e. The van der Waals surface area contributed by atoms with Gasteiger partial charge in [-0.2, -0.15) is 0 Å². The highest BCUT2D eigenvalue weighted by Gasteiger charge is 2.07. The van der Waals surface area contributed by atoms with E-state index < -0.39 is 5.76 Å². The second kappa shape index (κ2) is 5.45. The summed E-state index contributed by atoms with van der Waals surface area (Å²) in [7, 11) is 0. The number of anilines is 2. The summed E-state index contributed by atoms with van der Waals surface area (Å²) in [5, 5.41) is 5.39. The van der Waals surface area contributed by atoms with Crippen LogP contribution in [0.15, 0.2) is 56.1 Å². The molecule has 2 amide bonds. The molecule has 21 heavy (non-hydrogen) atoms. The Kier molecular flexibility index (Phi) is 3.49. The summed E-state index contributed by atoms with van der Waals surface area (Å²) in [6.07, 6.45) is 0. The Bertz CT molecular complexity index is 869. The van der Waals surface area contributed by atoms with Gasteiger partial charge in [0, 0.05) is 16.2 Å². The van der Waals surface area contributed by atoms with Crippen molar-refractivity contribution in [3.63, 3.8) is 0 Å². The fraction of sp³-hybridized carbons (Fsp3) is 0. The highest BCUT2D eigenvalue weighted by atomic mass is 79.9. The van der Waals surface area contributed by atoms with Crippen molar-refractivity contribution in [2.45, 2.75) is 0 Å².